The summed E-state index contributed by atoms with van der Waals surface area (Å²) >= 11 is 0. The lowest BCUT2D eigenvalue weighted by Crippen LogP contribution is -2.17. The molecular weight excluding hydrogens is 216 g/mol. The highest BCUT2D eigenvalue weighted by atomic mass is 16.7. The smallest absolute Gasteiger partial charge is 0.160 e. The maximum atomic E-state index is 5.23. The lowest BCUT2D eigenvalue weighted by molar-refractivity contribution is -0.100. The van der Waals surface area contributed by atoms with E-state index in [1.54, 1.807) is 21.3 Å². The summed E-state index contributed by atoms with van der Waals surface area (Å²) in [7, 11) is 4.98. The molecule has 0 aliphatic rings. The molecule has 0 unspecified atom stereocenters. The third-order valence-corrected chi connectivity index (χ3v) is 2.79. The first-order valence-corrected chi connectivity index (χ1v) is 5.61. The second-order valence-electron chi connectivity index (χ2n) is 3.82. The van der Waals surface area contributed by atoms with Gasteiger partial charge in [0.1, 0.15) is 0 Å². The van der Waals surface area contributed by atoms with Gasteiger partial charge in [0.25, 0.3) is 0 Å². The SMILES string of the molecule is CN=NCc1c(C)cccc1CC(OC)OC. The summed E-state index contributed by atoms with van der Waals surface area (Å²) in [6.07, 6.45) is 0.512. The van der Waals surface area contributed by atoms with Gasteiger partial charge in [-0.2, -0.15) is 10.2 Å². The quantitative estimate of drug-likeness (QED) is 0.563. The first kappa shape index (κ1) is 13.8. The highest BCUT2D eigenvalue weighted by Crippen LogP contribution is 2.18. The number of rotatable bonds is 6. The average Bonchev–Trinajstić information content (AvgIpc) is 2.35. The predicted molar refractivity (Wildman–Crippen MR) is 67.2 cm³/mol. The Hall–Kier alpha value is -1.26. The molecule has 0 saturated heterocycles. The van der Waals surface area contributed by atoms with Crippen LogP contribution < -0.4 is 0 Å². The third-order valence-electron chi connectivity index (χ3n) is 2.79. The summed E-state index contributed by atoms with van der Waals surface area (Å²) in [4.78, 5) is 0. The van der Waals surface area contributed by atoms with E-state index in [2.05, 4.69) is 29.3 Å². The van der Waals surface area contributed by atoms with E-state index in [1.807, 2.05) is 6.07 Å². The Kier molecular flexibility index (Phi) is 5.80. The molecule has 4 heteroatoms. The highest BCUT2D eigenvalue weighted by Gasteiger charge is 2.11. The van der Waals surface area contributed by atoms with Crippen LogP contribution in [0.5, 0.6) is 0 Å². The van der Waals surface area contributed by atoms with Gasteiger partial charge in [0, 0.05) is 27.7 Å². The van der Waals surface area contributed by atoms with Crippen LogP contribution in [-0.4, -0.2) is 27.6 Å². The zero-order chi connectivity index (χ0) is 12.7. The number of azo groups is 1. The fraction of sp³-hybridized carbons (Fsp3) is 0.538. The summed E-state index contributed by atoms with van der Waals surface area (Å²) < 4.78 is 10.5. The molecular formula is C13H20N2O2. The van der Waals surface area contributed by atoms with E-state index in [-0.39, 0.29) is 6.29 Å². The van der Waals surface area contributed by atoms with Crippen LogP contribution in [0.25, 0.3) is 0 Å². The number of hydrogen-bond donors (Lipinski definition) is 0. The Morgan fingerprint density at radius 1 is 1.24 bits per heavy atom. The number of aryl methyl sites for hydroxylation is 1. The summed E-state index contributed by atoms with van der Waals surface area (Å²) in [6.45, 7) is 2.69. The Bertz CT molecular complexity index is 374. The van der Waals surface area contributed by atoms with Crippen LogP contribution >= 0.6 is 0 Å². The first-order chi connectivity index (χ1) is 8.22. The van der Waals surface area contributed by atoms with Crippen LogP contribution in [0.4, 0.5) is 0 Å². The molecule has 0 aliphatic carbocycles. The highest BCUT2D eigenvalue weighted by molar-refractivity contribution is 5.34. The van der Waals surface area contributed by atoms with Gasteiger partial charge in [-0.25, -0.2) is 0 Å². The Balaban J connectivity index is 2.93. The minimum Gasteiger partial charge on any atom is -0.356 e. The molecule has 0 bridgehead atoms. The fourth-order valence-corrected chi connectivity index (χ4v) is 1.76. The van der Waals surface area contributed by atoms with Crippen molar-refractivity contribution < 1.29 is 9.47 Å². The molecule has 1 rings (SSSR count). The number of benzene rings is 1. The Labute approximate surface area is 103 Å². The van der Waals surface area contributed by atoms with Crippen molar-refractivity contribution in [3.63, 3.8) is 0 Å². The zero-order valence-corrected chi connectivity index (χ0v) is 10.9. The second-order valence-corrected chi connectivity index (χ2v) is 3.82. The normalized spacial score (nSPS) is 11.6. The molecule has 0 amide bonds. The minimum atomic E-state index is -0.214. The summed E-state index contributed by atoms with van der Waals surface area (Å²) in [5.74, 6) is 0. The van der Waals surface area contributed by atoms with Crippen LogP contribution in [0, 0.1) is 6.92 Å². The average molecular weight is 236 g/mol. The van der Waals surface area contributed by atoms with E-state index >= 15 is 0 Å². The molecule has 0 spiro atoms. The molecule has 1 aromatic rings. The van der Waals surface area contributed by atoms with Gasteiger partial charge >= 0.3 is 0 Å². The van der Waals surface area contributed by atoms with E-state index in [4.69, 9.17) is 9.47 Å². The van der Waals surface area contributed by atoms with E-state index in [9.17, 15) is 0 Å². The van der Waals surface area contributed by atoms with Crippen LogP contribution in [0.3, 0.4) is 0 Å². The second kappa shape index (κ2) is 7.14. The van der Waals surface area contributed by atoms with Gasteiger partial charge < -0.3 is 9.47 Å². The molecule has 0 radical (unpaired) electrons. The van der Waals surface area contributed by atoms with E-state index in [0.717, 1.165) is 6.42 Å². The van der Waals surface area contributed by atoms with Gasteiger partial charge in [0.05, 0.1) is 6.54 Å². The van der Waals surface area contributed by atoms with Gasteiger partial charge in [0.15, 0.2) is 6.29 Å². The largest absolute Gasteiger partial charge is 0.356 e. The number of ether oxygens (including phenoxy) is 2. The summed E-state index contributed by atoms with van der Waals surface area (Å²) in [6, 6.07) is 6.21. The van der Waals surface area contributed by atoms with E-state index in [1.165, 1.54) is 16.7 Å². The molecule has 0 fully saturated rings. The molecule has 17 heavy (non-hydrogen) atoms. The summed E-state index contributed by atoms with van der Waals surface area (Å²) in [5.41, 5.74) is 3.63. The van der Waals surface area contributed by atoms with Gasteiger partial charge in [-0.1, -0.05) is 18.2 Å². The van der Waals surface area contributed by atoms with Crippen LogP contribution in [0.15, 0.2) is 28.4 Å². The van der Waals surface area contributed by atoms with Crippen molar-refractivity contribution in [3.8, 4) is 0 Å². The van der Waals surface area contributed by atoms with Gasteiger partial charge in [-0.05, 0) is 23.6 Å². The van der Waals surface area contributed by atoms with Crippen molar-refractivity contribution in [2.45, 2.75) is 26.2 Å². The number of nitrogens with zero attached hydrogens (tertiary/aromatic N) is 2. The topological polar surface area (TPSA) is 43.2 Å². The molecule has 0 aromatic heterocycles. The van der Waals surface area contributed by atoms with Gasteiger partial charge in [-0.15, -0.1) is 0 Å². The maximum absolute atomic E-state index is 5.23. The van der Waals surface area contributed by atoms with Crippen molar-refractivity contribution >= 4 is 0 Å². The van der Waals surface area contributed by atoms with Crippen LogP contribution in [0.1, 0.15) is 16.7 Å². The Morgan fingerprint density at radius 2 is 1.94 bits per heavy atom. The standard InChI is InChI=1S/C13H20N2O2/c1-10-6-5-7-11(8-13(16-3)17-4)12(10)9-15-14-2/h5-7,13H,8-9H2,1-4H3. The molecule has 0 heterocycles. The number of hydrogen-bond acceptors (Lipinski definition) is 4. The zero-order valence-electron chi connectivity index (χ0n) is 10.9. The molecule has 1 aromatic carbocycles. The van der Waals surface area contributed by atoms with Crippen molar-refractivity contribution in [1.29, 1.82) is 0 Å². The van der Waals surface area contributed by atoms with Crippen molar-refractivity contribution in [2.24, 2.45) is 10.2 Å². The van der Waals surface area contributed by atoms with Gasteiger partial charge in [0.2, 0.25) is 0 Å². The lowest BCUT2D eigenvalue weighted by atomic mass is 9.99. The van der Waals surface area contributed by atoms with Crippen molar-refractivity contribution in [2.75, 3.05) is 21.3 Å². The lowest BCUT2D eigenvalue weighted by Gasteiger charge is -2.16. The van der Waals surface area contributed by atoms with Crippen LogP contribution in [-0.2, 0) is 22.4 Å². The monoisotopic (exact) mass is 236 g/mol. The minimum absolute atomic E-state index is 0.214. The number of methoxy groups -OCH3 is 2. The summed E-state index contributed by atoms with van der Waals surface area (Å²) in [5, 5.41) is 7.86. The molecule has 0 aliphatic heterocycles. The fourth-order valence-electron chi connectivity index (χ4n) is 1.76. The molecule has 0 atom stereocenters. The first-order valence-electron chi connectivity index (χ1n) is 5.61. The molecule has 4 nitrogen and oxygen atoms in total. The van der Waals surface area contributed by atoms with Crippen molar-refractivity contribution in [3.05, 3.63) is 34.9 Å². The van der Waals surface area contributed by atoms with Gasteiger partial charge in [-0.3, -0.25) is 0 Å². The van der Waals surface area contributed by atoms with Crippen molar-refractivity contribution in [1.82, 2.24) is 0 Å². The third kappa shape index (κ3) is 3.91. The molecule has 0 saturated carbocycles. The molecule has 0 N–H and O–H groups in total. The van der Waals surface area contributed by atoms with Crippen LogP contribution in [0.2, 0.25) is 0 Å². The Morgan fingerprint density at radius 3 is 2.53 bits per heavy atom. The van der Waals surface area contributed by atoms with E-state index < -0.39 is 0 Å². The van der Waals surface area contributed by atoms with E-state index in [0.29, 0.717) is 6.54 Å². The maximum Gasteiger partial charge on any atom is 0.160 e. The predicted octanol–water partition coefficient (Wildman–Crippen LogP) is 2.74. The molecule has 94 valence electrons.